The molecule has 5 heteroatoms. The smallest absolute Gasteiger partial charge is 0.121 e. The van der Waals surface area contributed by atoms with Crippen LogP contribution in [0.25, 0.3) is 0 Å². The van der Waals surface area contributed by atoms with Crippen LogP contribution in [0.3, 0.4) is 0 Å². The standard InChI is InChI=1S/C17H18ClN3O.C2H6/c1-21-9-8-17(20-21)12-2-5-14(6-3-12)22-15-7-4-13(11-19)16(18)10-15;1-2/h4,7-10,12,14H,2-3,5-6H2,1H3;1-2H3. The number of rotatable bonds is 3. The quantitative estimate of drug-likeness (QED) is 0.779. The van der Waals surface area contributed by atoms with Gasteiger partial charge in [0.05, 0.1) is 22.4 Å². The van der Waals surface area contributed by atoms with Crippen molar-refractivity contribution >= 4 is 11.6 Å². The molecular weight excluding hydrogens is 322 g/mol. The van der Waals surface area contributed by atoms with E-state index in [0.717, 1.165) is 31.4 Å². The van der Waals surface area contributed by atoms with E-state index in [1.165, 1.54) is 5.69 Å². The zero-order valence-electron chi connectivity index (χ0n) is 14.5. The lowest BCUT2D eigenvalue weighted by molar-refractivity contribution is 0.145. The zero-order chi connectivity index (χ0) is 17.5. The van der Waals surface area contributed by atoms with Gasteiger partial charge >= 0.3 is 0 Å². The van der Waals surface area contributed by atoms with Crippen molar-refractivity contribution in [1.82, 2.24) is 9.78 Å². The Bertz CT molecular complexity index is 697. The lowest BCUT2D eigenvalue weighted by atomic mass is 9.85. The molecule has 0 N–H and O–H groups in total. The average Bonchev–Trinajstić information content (AvgIpc) is 3.04. The third-order valence-corrected chi connectivity index (χ3v) is 4.50. The molecule has 3 rings (SSSR count). The number of aryl methyl sites for hydroxylation is 1. The van der Waals surface area contributed by atoms with Crippen LogP contribution in [-0.4, -0.2) is 15.9 Å². The molecule has 1 aromatic heterocycles. The molecule has 2 aromatic rings. The normalized spacial score (nSPS) is 19.8. The highest BCUT2D eigenvalue weighted by atomic mass is 35.5. The fraction of sp³-hybridized carbons (Fsp3) is 0.474. The SMILES string of the molecule is CC.Cn1ccc(C2CCC(Oc3ccc(C#N)c(Cl)c3)CC2)n1. The van der Waals surface area contributed by atoms with Gasteiger partial charge in [0.15, 0.2) is 0 Å². The molecule has 0 amide bonds. The number of aromatic nitrogens is 2. The average molecular weight is 346 g/mol. The maximum absolute atomic E-state index is 8.89. The molecule has 1 heterocycles. The van der Waals surface area contributed by atoms with E-state index in [0.29, 0.717) is 16.5 Å². The lowest BCUT2D eigenvalue weighted by Crippen LogP contribution is -2.23. The minimum atomic E-state index is 0.212. The molecule has 0 saturated heterocycles. The van der Waals surface area contributed by atoms with Gasteiger partial charge in [-0.3, -0.25) is 4.68 Å². The Labute approximate surface area is 149 Å². The first kappa shape index (κ1) is 18.4. The Balaban J connectivity index is 0.00000100. The Morgan fingerprint density at radius 2 is 1.92 bits per heavy atom. The van der Waals surface area contributed by atoms with Crippen LogP contribution in [0.2, 0.25) is 5.02 Å². The van der Waals surface area contributed by atoms with Crippen LogP contribution in [-0.2, 0) is 7.05 Å². The number of hydrogen-bond donors (Lipinski definition) is 0. The largest absolute Gasteiger partial charge is 0.490 e. The summed E-state index contributed by atoms with van der Waals surface area (Å²) in [6.07, 6.45) is 6.41. The van der Waals surface area contributed by atoms with E-state index in [9.17, 15) is 0 Å². The van der Waals surface area contributed by atoms with Gasteiger partial charge in [-0.1, -0.05) is 25.4 Å². The molecule has 1 fully saturated rings. The van der Waals surface area contributed by atoms with Crippen LogP contribution < -0.4 is 4.74 Å². The molecule has 1 saturated carbocycles. The van der Waals surface area contributed by atoms with Gasteiger partial charge in [0.25, 0.3) is 0 Å². The molecule has 0 aliphatic heterocycles. The van der Waals surface area contributed by atoms with E-state index in [1.54, 1.807) is 12.1 Å². The molecule has 4 nitrogen and oxygen atoms in total. The molecule has 0 radical (unpaired) electrons. The van der Waals surface area contributed by atoms with Crippen molar-refractivity contribution in [2.75, 3.05) is 0 Å². The predicted octanol–water partition coefficient (Wildman–Crippen LogP) is 5.08. The summed E-state index contributed by atoms with van der Waals surface area (Å²) in [6.45, 7) is 4.00. The van der Waals surface area contributed by atoms with Gasteiger partial charge in [-0.15, -0.1) is 0 Å². The van der Waals surface area contributed by atoms with E-state index in [4.69, 9.17) is 21.6 Å². The maximum Gasteiger partial charge on any atom is 0.121 e. The Morgan fingerprint density at radius 1 is 1.21 bits per heavy atom. The Hall–Kier alpha value is -1.99. The second-order valence-electron chi connectivity index (χ2n) is 5.76. The van der Waals surface area contributed by atoms with Gasteiger partial charge in [0.2, 0.25) is 0 Å². The van der Waals surface area contributed by atoms with Gasteiger partial charge in [0, 0.05) is 25.2 Å². The number of hydrogen-bond acceptors (Lipinski definition) is 3. The summed E-state index contributed by atoms with van der Waals surface area (Å²) in [5.74, 6) is 1.27. The molecule has 1 aromatic carbocycles. The van der Waals surface area contributed by atoms with Crippen LogP contribution in [0.1, 0.15) is 56.7 Å². The summed E-state index contributed by atoms with van der Waals surface area (Å²) < 4.78 is 7.86. The van der Waals surface area contributed by atoms with Crippen LogP contribution in [0.15, 0.2) is 30.5 Å². The number of benzene rings is 1. The van der Waals surface area contributed by atoms with Crippen molar-refractivity contribution < 1.29 is 4.74 Å². The van der Waals surface area contributed by atoms with Crippen molar-refractivity contribution in [1.29, 1.82) is 5.26 Å². The molecule has 1 aliphatic rings. The molecule has 0 spiro atoms. The molecule has 0 unspecified atom stereocenters. The first-order chi connectivity index (χ1) is 11.7. The predicted molar refractivity (Wildman–Crippen MR) is 96.3 cm³/mol. The van der Waals surface area contributed by atoms with Gasteiger partial charge in [-0.2, -0.15) is 10.4 Å². The molecular formula is C19H24ClN3O. The van der Waals surface area contributed by atoms with E-state index in [-0.39, 0.29) is 6.10 Å². The van der Waals surface area contributed by atoms with Crippen molar-refractivity contribution in [3.05, 3.63) is 46.7 Å². The highest BCUT2D eigenvalue weighted by Gasteiger charge is 2.25. The summed E-state index contributed by atoms with van der Waals surface area (Å²) in [5.41, 5.74) is 1.66. The summed E-state index contributed by atoms with van der Waals surface area (Å²) in [4.78, 5) is 0. The first-order valence-electron chi connectivity index (χ1n) is 8.51. The summed E-state index contributed by atoms with van der Waals surface area (Å²) in [6, 6.07) is 9.41. The fourth-order valence-corrected chi connectivity index (χ4v) is 3.19. The molecule has 24 heavy (non-hydrogen) atoms. The molecule has 0 atom stereocenters. The molecule has 128 valence electrons. The minimum Gasteiger partial charge on any atom is -0.490 e. The van der Waals surface area contributed by atoms with Crippen LogP contribution >= 0.6 is 11.6 Å². The van der Waals surface area contributed by atoms with E-state index >= 15 is 0 Å². The second kappa shape index (κ2) is 8.75. The topological polar surface area (TPSA) is 50.8 Å². The second-order valence-corrected chi connectivity index (χ2v) is 6.17. The number of halogens is 1. The van der Waals surface area contributed by atoms with E-state index in [1.807, 2.05) is 37.8 Å². The van der Waals surface area contributed by atoms with Crippen molar-refractivity contribution in [3.8, 4) is 11.8 Å². The number of nitrogens with zero attached hydrogens (tertiary/aromatic N) is 3. The third-order valence-electron chi connectivity index (χ3n) is 4.19. The molecule has 1 aliphatic carbocycles. The summed E-state index contributed by atoms with van der Waals surface area (Å²) in [5, 5.41) is 13.8. The summed E-state index contributed by atoms with van der Waals surface area (Å²) >= 11 is 6.04. The minimum absolute atomic E-state index is 0.212. The van der Waals surface area contributed by atoms with Gasteiger partial charge in [-0.25, -0.2) is 0 Å². The first-order valence-corrected chi connectivity index (χ1v) is 8.89. The van der Waals surface area contributed by atoms with Crippen LogP contribution in [0, 0.1) is 11.3 Å². The van der Waals surface area contributed by atoms with E-state index < -0.39 is 0 Å². The maximum atomic E-state index is 8.89. The monoisotopic (exact) mass is 345 g/mol. The number of ether oxygens (including phenoxy) is 1. The summed E-state index contributed by atoms with van der Waals surface area (Å²) in [7, 11) is 1.95. The van der Waals surface area contributed by atoms with Gasteiger partial charge in [0.1, 0.15) is 11.8 Å². The van der Waals surface area contributed by atoms with Crippen LogP contribution in [0.5, 0.6) is 5.75 Å². The van der Waals surface area contributed by atoms with Gasteiger partial charge in [-0.05, 0) is 43.9 Å². The third kappa shape index (κ3) is 4.52. The highest BCUT2D eigenvalue weighted by molar-refractivity contribution is 6.31. The van der Waals surface area contributed by atoms with Crippen molar-refractivity contribution in [3.63, 3.8) is 0 Å². The fourth-order valence-electron chi connectivity index (χ4n) is 2.98. The number of nitriles is 1. The highest BCUT2D eigenvalue weighted by Crippen LogP contribution is 2.34. The lowest BCUT2D eigenvalue weighted by Gasteiger charge is -2.28. The van der Waals surface area contributed by atoms with E-state index in [2.05, 4.69) is 17.2 Å². The van der Waals surface area contributed by atoms with Crippen molar-refractivity contribution in [2.45, 2.75) is 51.6 Å². The Morgan fingerprint density at radius 3 is 2.46 bits per heavy atom. The zero-order valence-corrected chi connectivity index (χ0v) is 15.3. The Kier molecular flexibility index (Phi) is 6.69. The van der Waals surface area contributed by atoms with Crippen molar-refractivity contribution in [2.24, 2.45) is 7.05 Å². The van der Waals surface area contributed by atoms with Gasteiger partial charge < -0.3 is 4.74 Å². The molecule has 0 bridgehead atoms. The van der Waals surface area contributed by atoms with Crippen LogP contribution in [0.4, 0.5) is 0 Å².